The molecule has 10 heteroatoms. The number of halogens is 3. The van der Waals surface area contributed by atoms with Gasteiger partial charge < -0.3 is 15.7 Å². The number of aromatic nitrogens is 4. The molecule has 2 heterocycles. The number of anilines is 1. The van der Waals surface area contributed by atoms with Gasteiger partial charge in [-0.1, -0.05) is 0 Å². The van der Waals surface area contributed by atoms with Gasteiger partial charge in [-0.05, 0) is 42.7 Å². The van der Waals surface area contributed by atoms with Crippen LogP contribution in [0, 0.1) is 11.2 Å². The standard InChI is InChI=1S/C22H23F3N6O/c1-31-18(6-9-27-31)16-3-2-14(23)10-13(16)11-19-29-20(17(12-26)21(32)30-19)28-15-4-7-22(24,25)8-5-15/h2-3,6,9-10,12,15,26H,4-5,7-8,11H2,1H3,(H2,28,29,30,32). The third-order valence-electron chi connectivity index (χ3n) is 5.73. The van der Waals surface area contributed by atoms with Crippen LogP contribution in [0.4, 0.5) is 19.0 Å². The molecule has 1 fully saturated rings. The van der Waals surface area contributed by atoms with Crippen LogP contribution in [-0.4, -0.2) is 37.9 Å². The summed E-state index contributed by atoms with van der Waals surface area (Å²) in [6.45, 7) is 0. The van der Waals surface area contributed by atoms with Gasteiger partial charge in [0.1, 0.15) is 17.5 Å². The van der Waals surface area contributed by atoms with Gasteiger partial charge in [0.15, 0.2) is 0 Å². The van der Waals surface area contributed by atoms with E-state index in [1.807, 2.05) is 0 Å². The van der Waals surface area contributed by atoms with Crippen molar-refractivity contribution in [3.05, 3.63) is 63.6 Å². The van der Waals surface area contributed by atoms with E-state index in [9.17, 15) is 18.0 Å². The smallest absolute Gasteiger partial charge is 0.261 e. The molecule has 1 aliphatic rings. The normalized spacial score (nSPS) is 16.1. The first-order valence-corrected chi connectivity index (χ1v) is 10.3. The Bertz CT molecular complexity index is 1190. The van der Waals surface area contributed by atoms with E-state index >= 15 is 0 Å². The van der Waals surface area contributed by atoms with E-state index in [0.29, 0.717) is 5.56 Å². The summed E-state index contributed by atoms with van der Waals surface area (Å²) >= 11 is 0. The van der Waals surface area contributed by atoms with Crippen molar-refractivity contribution in [3.63, 3.8) is 0 Å². The summed E-state index contributed by atoms with van der Waals surface area (Å²) in [5.74, 6) is -2.65. The Morgan fingerprint density at radius 1 is 1.31 bits per heavy atom. The predicted molar refractivity (Wildman–Crippen MR) is 115 cm³/mol. The van der Waals surface area contributed by atoms with Crippen LogP contribution in [0.3, 0.4) is 0 Å². The van der Waals surface area contributed by atoms with Crippen LogP contribution in [-0.2, 0) is 13.5 Å². The number of alkyl halides is 2. The number of nitrogens with one attached hydrogen (secondary N) is 3. The van der Waals surface area contributed by atoms with Crippen molar-refractivity contribution in [1.82, 2.24) is 19.7 Å². The Balaban J connectivity index is 1.66. The summed E-state index contributed by atoms with van der Waals surface area (Å²) in [6, 6.07) is 5.91. The molecule has 2 aromatic heterocycles. The number of hydrogen-bond acceptors (Lipinski definition) is 5. The van der Waals surface area contributed by atoms with Gasteiger partial charge in [-0.15, -0.1) is 0 Å². The number of rotatable bonds is 6. The van der Waals surface area contributed by atoms with E-state index in [-0.39, 0.29) is 55.4 Å². The average molecular weight is 444 g/mol. The van der Waals surface area contributed by atoms with Gasteiger partial charge in [-0.2, -0.15) is 5.10 Å². The quantitative estimate of drug-likeness (QED) is 0.503. The van der Waals surface area contributed by atoms with Crippen LogP contribution >= 0.6 is 0 Å². The van der Waals surface area contributed by atoms with Crippen LogP contribution in [0.15, 0.2) is 35.3 Å². The van der Waals surface area contributed by atoms with Crippen molar-refractivity contribution in [2.45, 2.75) is 44.1 Å². The number of hydrogen-bond donors (Lipinski definition) is 3. The molecule has 1 aliphatic carbocycles. The third kappa shape index (κ3) is 4.58. The monoisotopic (exact) mass is 444 g/mol. The Hall–Kier alpha value is -3.43. The van der Waals surface area contributed by atoms with E-state index in [2.05, 4.69) is 20.4 Å². The minimum absolute atomic E-state index is 0.0252. The van der Waals surface area contributed by atoms with Gasteiger partial charge >= 0.3 is 0 Å². The summed E-state index contributed by atoms with van der Waals surface area (Å²) in [5.41, 5.74) is 1.63. The Morgan fingerprint density at radius 3 is 2.72 bits per heavy atom. The fourth-order valence-electron chi connectivity index (χ4n) is 4.01. The van der Waals surface area contributed by atoms with Gasteiger partial charge in [-0.3, -0.25) is 9.48 Å². The fraction of sp³-hybridized carbons (Fsp3) is 0.364. The highest BCUT2D eigenvalue weighted by Gasteiger charge is 2.35. The third-order valence-corrected chi connectivity index (χ3v) is 5.73. The highest BCUT2D eigenvalue weighted by molar-refractivity contribution is 5.83. The molecule has 3 aromatic rings. The van der Waals surface area contributed by atoms with Crippen LogP contribution in [0.5, 0.6) is 0 Å². The fourth-order valence-corrected chi connectivity index (χ4v) is 4.01. The maximum atomic E-state index is 14.0. The summed E-state index contributed by atoms with van der Waals surface area (Å²) in [6.07, 6.45) is 2.65. The van der Waals surface area contributed by atoms with E-state index < -0.39 is 17.3 Å². The lowest BCUT2D eigenvalue weighted by atomic mass is 9.92. The lowest BCUT2D eigenvalue weighted by Crippen LogP contribution is -2.33. The second kappa shape index (κ2) is 8.60. The van der Waals surface area contributed by atoms with E-state index in [1.165, 1.54) is 12.1 Å². The Morgan fingerprint density at radius 2 is 2.06 bits per heavy atom. The highest BCUT2D eigenvalue weighted by atomic mass is 19.3. The number of benzene rings is 1. The summed E-state index contributed by atoms with van der Waals surface area (Å²) in [4.78, 5) is 19.7. The first-order valence-electron chi connectivity index (χ1n) is 10.3. The Labute approximate surface area is 182 Å². The molecule has 0 aliphatic heterocycles. The maximum absolute atomic E-state index is 14.0. The minimum Gasteiger partial charge on any atom is -0.367 e. The molecule has 0 saturated heterocycles. The van der Waals surface area contributed by atoms with Gasteiger partial charge in [0.05, 0.1) is 11.3 Å². The zero-order valence-electron chi connectivity index (χ0n) is 17.5. The topological polar surface area (TPSA) is 99.4 Å². The second-order valence-corrected chi connectivity index (χ2v) is 8.01. The number of aromatic amines is 1. The molecular weight excluding hydrogens is 421 g/mol. The predicted octanol–water partition coefficient (Wildman–Crippen LogP) is 3.89. The molecule has 168 valence electrons. The molecule has 0 bridgehead atoms. The van der Waals surface area contributed by atoms with Gasteiger partial charge in [0.25, 0.3) is 5.56 Å². The van der Waals surface area contributed by atoms with Gasteiger partial charge in [0.2, 0.25) is 5.92 Å². The second-order valence-electron chi connectivity index (χ2n) is 8.01. The summed E-state index contributed by atoms with van der Waals surface area (Å²) < 4.78 is 42.6. The van der Waals surface area contributed by atoms with Crippen molar-refractivity contribution in [2.24, 2.45) is 7.05 Å². The molecule has 32 heavy (non-hydrogen) atoms. The largest absolute Gasteiger partial charge is 0.367 e. The molecule has 3 N–H and O–H groups in total. The maximum Gasteiger partial charge on any atom is 0.261 e. The molecule has 0 atom stereocenters. The van der Waals surface area contributed by atoms with Crippen molar-refractivity contribution >= 4 is 12.0 Å². The average Bonchev–Trinajstić information content (AvgIpc) is 3.15. The number of H-pyrrole nitrogens is 1. The molecule has 0 radical (unpaired) electrons. The first kappa shape index (κ1) is 21.8. The van der Waals surface area contributed by atoms with Crippen molar-refractivity contribution < 1.29 is 13.2 Å². The first-order chi connectivity index (χ1) is 15.3. The summed E-state index contributed by atoms with van der Waals surface area (Å²) in [7, 11) is 1.77. The van der Waals surface area contributed by atoms with Crippen LogP contribution in [0.2, 0.25) is 0 Å². The van der Waals surface area contributed by atoms with Crippen molar-refractivity contribution in [3.8, 4) is 11.3 Å². The lowest BCUT2D eigenvalue weighted by Gasteiger charge is -2.29. The van der Waals surface area contributed by atoms with Gasteiger partial charge in [-0.25, -0.2) is 18.2 Å². The number of nitrogens with zero attached hydrogens (tertiary/aromatic N) is 3. The highest BCUT2D eigenvalue weighted by Crippen LogP contribution is 2.34. The molecule has 4 rings (SSSR count). The molecular formula is C22H23F3N6O. The molecule has 1 saturated carbocycles. The summed E-state index contributed by atoms with van der Waals surface area (Å²) in [5, 5.41) is 14.8. The van der Waals surface area contributed by atoms with Crippen molar-refractivity contribution in [2.75, 3.05) is 5.32 Å². The molecule has 0 spiro atoms. The van der Waals surface area contributed by atoms with E-state index in [0.717, 1.165) is 17.5 Å². The minimum atomic E-state index is -2.67. The van der Waals surface area contributed by atoms with Gasteiger partial charge in [0, 0.05) is 50.3 Å². The van der Waals surface area contributed by atoms with Crippen molar-refractivity contribution in [1.29, 1.82) is 5.41 Å². The zero-order valence-corrected chi connectivity index (χ0v) is 17.5. The molecule has 0 unspecified atom stereocenters. The SMILES string of the molecule is Cn1nccc1-c1ccc(F)cc1Cc1nc(NC2CCC(F)(F)CC2)c(C=N)c(=O)[nH]1. The molecule has 7 nitrogen and oxygen atoms in total. The molecule has 0 amide bonds. The zero-order chi connectivity index (χ0) is 22.9. The molecule has 1 aromatic carbocycles. The van der Waals surface area contributed by atoms with Crippen LogP contribution in [0.1, 0.15) is 42.6 Å². The lowest BCUT2D eigenvalue weighted by molar-refractivity contribution is -0.0361. The Kier molecular flexibility index (Phi) is 5.86. The van der Waals surface area contributed by atoms with Crippen LogP contribution < -0.4 is 10.9 Å². The van der Waals surface area contributed by atoms with Crippen LogP contribution in [0.25, 0.3) is 11.3 Å². The van der Waals surface area contributed by atoms with E-state index in [4.69, 9.17) is 5.41 Å². The van der Waals surface area contributed by atoms with E-state index in [1.54, 1.807) is 30.1 Å². The number of aryl methyl sites for hydroxylation is 1.